The maximum absolute atomic E-state index is 9.89. The van der Waals surface area contributed by atoms with E-state index in [0.717, 1.165) is 12.3 Å². The van der Waals surface area contributed by atoms with Crippen LogP contribution in [-0.4, -0.2) is 29.3 Å². The van der Waals surface area contributed by atoms with Crippen molar-refractivity contribution in [3.63, 3.8) is 0 Å². The van der Waals surface area contributed by atoms with E-state index in [1.54, 1.807) is 0 Å². The number of rotatable bonds is 5. The minimum atomic E-state index is -0.243. The summed E-state index contributed by atoms with van der Waals surface area (Å²) in [5.41, 5.74) is 0. The van der Waals surface area contributed by atoms with Gasteiger partial charge in [0.05, 0.1) is 0 Å². The first-order valence-corrected chi connectivity index (χ1v) is 6.60. The molecule has 0 radical (unpaired) electrons. The molecule has 1 aliphatic carbocycles. The Hall–Kier alpha value is -0.0800. The first-order chi connectivity index (χ1) is 7.20. The molecule has 0 aliphatic heterocycles. The first-order valence-electron chi connectivity index (χ1n) is 6.60. The van der Waals surface area contributed by atoms with Crippen LogP contribution in [0.4, 0.5) is 0 Å². The second kappa shape index (κ2) is 6.49. The Balaban J connectivity index is 2.54. The molecule has 0 amide bonds. The molecule has 2 heteroatoms. The number of hydrogen-bond acceptors (Lipinski definition) is 2. The Morgan fingerprint density at radius 2 is 1.93 bits per heavy atom. The van der Waals surface area contributed by atoms with Crippen LogP contribution in [0.3, 0.4) is 0 Å². The Morgan fingerprint density at radius 1 is 1.27 bits per heavy atom. The topological polar surface area (TPSA) is 23.5 Å². The molecule has 1 fully saturated rings. The average Bonchev–Trinajstić information content (AvgIpc) is 2.28. The van der Waals surface area contributed by atoms with E-state index in [9.17, 15) is 5.11 Å². The van der Waals surface area contributed by atoms with Crippen LogP contribution < -0.4 is 0 Å². The van der Waals surface area contributed by atoms with Gasteiger partial charge in [0.2, 0.25) is 0 Å². The van der Waals surface area contributed by atoms with Crippen molar-refractivity contribution >= 4 is 0 Å². The van der Waals surface area contributed by atoms with Crippen LogP contribution in [-0.2, 0) is 0 Å². The van der Waals surface area contributed by atoms with E-state index in [0.29, 0.717) is 6.04 Å². The molecule has 0 saturated heterocycles. The molecule has 0 aromatic rings. The number of nitrogens with zero attached hydrogens (tertiary/aromatic N) is 1. The van der Waals surface area contributed by atoms with Gasteiger partial charge in [-0.05, 0) is 38.6 Å². The van der Waals surface area contributed by atoms with E-state index < -0.39 is 0 Å². The maximum Gasteiger partial charge on any atom is 0.107 e. The number of aliphatic hydroxyl groups is 1. The van der Waals surface area contributed by atoms with Crippen molar-refractivity contribution in [2.75, 3.05) is 7.05 Å². The monoisotopic (exact) mass is 213 g/mol. The van der Waals surface area contributed by atoms with Crippen molar-refractivity contribution < 1.29 is 5.11 Å². The summed E-state index contributed by atoms with van der Waals surface area (Å²) in [7, 11) is 2.09. The zero-order valence-electron chi connectivity index (χ0n) is 10.6. The maximum atomic E-state index is 9.89. The van der Waals surface area contributed by atoms with Gasteiger partial charge in [0.25, 0.3) is 0 Å². The Labute approximate surface area is 94.7 Å². The molecule has 3 atom stereocenters. The van der Waals surface area contributed by atoms with Gasteiger partial charge in [-0.25, -0.2) is 0 Å². The number of aliphatic hydroxyl groups excluding tert-OH is 1. The number of hydrogen-bond donors (Lipinski definition) is 1. The molecule has 90 valence electrons. The van der Waals surface area contributed by atoms with E-state index in [1.165, 1.54) is 38.5 Å². The first kappa shape index (κ1) is 13.0. The molecule has 0 bridgehead atoms. The van der Waals surface area contributed by atoms with Gasteiger partial charge in [-0.3, -0.25) is 4.90 Å². The van der Waals surface area contributed by atoms with E-state index in [4.69, 9.17) is 0 Å². The lowest BCUT2D eigenvalue weighted by Crippen LogP contribution is -2.45. The lowest BCUT2D eigenvalue weighted by atomic mass is 9.81. The van der Waals surface area contributed by atoms with Crippen LogP contribution in [0.25, 0.3) is 0 Å². The molecule has 15 heavy (non-hydrogen) atoms. The van der Waals surface area contributed by atoms with Crippen LogP contribution in [0.1, 0.15) is 58.8 Å². The molecule has 1 saturated carbocycles. The minimum absolute atomic E-state index is 0.243. The van der Waals surface area contributed by atoms with E-state index in [1.807, 2.05) is 0 Å². The zero-order chi connectivity index (χ0) is 11.3. The van der Waals surface area contributed by atoms with Gasteiger partial charge >= 0.3 is 0 Å². The second-order valence-corrected chi connectivity index (χ2v) is 4.95. The van der Waals surface area contributed by atoms with Gasteiger partial charge < -0.3 is 5.11 Å². The molecule has 0 heterocycles. The third kappa shape index (κ3) is 3.46. The van der Waals surface area contributed by atoms with Gasteiger partial charge in [-0.2, -0.15) is 0 Å². The van der Waals surface area contributed by atoms with Crippen molar-refractivity contribution in [3.8, 4) is 0 Å². The fourth-order valence-electron chi connectivity index (χ4n) is 2.94. The van der Waals surface area contributed by atoms with Crippen LogP contribution in [0.15, 0.2) is 0 Å². The van der Waals surface area contributed by atoms with Gasteiger partial charge in [0.15, 0.2) is 0 Å². The average molecular weight is 213 g/mol. The summed E-state index contributed by atoms with van der Waals surface area (Å²) in [5, 5.41) is 9.89. The Bertz CT molecular complexity index is 168. The molecular formula is C13H27NO. The molecule has 1 N–H and O–H groups in total. The molecule has 2 nitrogen and oxygen atoms in total. The molecular weight excluding hydrogens is 186 g/mol. The summed E-state index contributed by atoms with van der Waals surface area (Å²) in [6.45, 7) is 4.32. The summed E-state index contributed by atoms with van der Waals surface area (Å²) >= 11 is 0. The molecule has 0 aromatic carbocycles. The smallest absolute Gasteiger partial charge is 0.107 e. The largest absolute Gasteiger partial charge is 0.378 e. The third-order valence-electron chi connectivity index (χ3n) is 3.89. The fraction of sp³-hybridized carbons (Fsp3) is 1.00. The van der Waals surface area contributed by atoms with Crippen LogP contribution >= 0.6 is 0 Å². The summed E-state index contributed by atoms with van der Waals surface area (Å²) in [5.74, 6) is 0.815. The highest BCUT2D eigenvalue weighted by Gasteiger charge is 2.29. The summed E-state index contributed by atoms with van der Waals surface area (Å²) in [4.78, 5) is 2.21. The standard InChI is InChI=1S/C13H27NO/c1-4-8-11-9-6-7-10-12(11)14(3)13(15)5-2/h11-13,15H,4-10H2,1-3H3. The van der Waals surface area contributed by atoms with Crippen molar-refractivity contribution in [2.24, 2.45) is 5.92 Å². The summed E-state index contributed by atoms with van der Waals surface area (Å²) in [6.07, 6.45) is 8.56. The lowest BCUT2D eigenvalue weighted by Gasteiger charge is -2.40. The fourth-order valence-corrected chi connectivity index (χ4v) is 2.94. The van der Waals surface area contributed by atoms with Crippen LogP contribution in [0.2, 0.25) is 0 Å². The second-order valence-electron chi connectivity index (χ2n) is 4.95. The quantitative estimate of drug-likeness (QED) is 0.710. The van der Waals surface area contributed by atoms with Crippen LogP contribution in [0.5, 0.6) is 0 Å². The molecule has 0 spiro atoms. The van der Waals surface area contributed by atoms with E-state index >= 15 is 0 Å². The minimum Gasteiger partial charge on any atom is -0.378 e. The van der Waals surface area contributed by atoms with Gasteiger partial charge in [0.1, 0.15) is 6.23 Å². The van der Waals surface area contributed by atoms with Crippen molar-refractivity contribution in [1.82, 2.24) is 4.90 Å². The highest BCUT2D eigenvalue weighted by atomic mass is 16.3. The highest BCUT2D eigenvalue weighted by Crippen LogP contribution is 2.31. The Kier molecular flexibility index (Phi) is 5.62. The predicted molar refractivity (Wildman–Crippen MR) is 64.7 cm³/mol. The molecule has 3 unspecified atom stereocenters. The molecule has 1 aliphatic rings. The van der Waals surface area contributed by atoms with Gasteiger partial charge in [0, 0.05) is 6.04 Å². The van der Waals surface area contributed by atoms with Crippen molar-refractivity contribution in [1.29, 1.82) is 0 Å². The normalized spacial score (nSPS) is 29.4. The third-order valence-corrected chi connectivity index (χ3v) is 3.89. The summed E-state index contributed by atoms with van der Waals surface area (Å²) in [6, 6.07) is 0.619. The molecule has 1 rings (SSSR count). The van der Waals surface area contributed by atoms with E-state index in [2.05, 4.69) is 25.8 Å². The highest BCUT2D eigenvalue weighted by molar-refractivity contribution is 4.82. The van der Waals surface area contributed by atoms with Gasteiger partial charge in [-0.1, -0.05) is 33.1 Å². The predicted octanol–water partition coefficient (Wildman–Crippen LogP) is 3.01. The molecule has 0 aromatic heterocycles. The lowest BCUT2D eigenvalue weighted by molar-refractivity contribution is -0.0362. The summed E-state index contributed by atoms with van der Waals surface area (Å²) < 4.78 is 0. The zero-order valence-corrected chi connectivity index (χ0v) is 10.6. The van der Waals surface area contributed by atoms with Crippen molar-refractivity contribution in [3.05, 3.63) is 0 Å². The SMILES string of the molecule is CCCC1CCCCC1N(C)C(O)CC. The van der Waals surface area contributed by atoms with Crippen LogP contribution in [0, 0.1) is 5.92 Å². The van der Waals surface area contributed by atoms with E-state index in [-0.39, 0.29) is 6.23 Å². The Morgan fingerprint density at radius 3 is 2.53 bits per heavy atom. The van der Waals surface area contributed by atoms with Crippen molar-refractivity contribution in [2.45, 2.75) is 71.1 Å². The van der Waals surface area contributed by atoms with Gasteiger partial charge in [-0.15, -0.1) is 0 Å².